The summed E-state index contributed by atoms with van der Waals surface area (Å²) in [6.07, 6.45) is 0. The van der Waals surface area contributed by atoms with Gasteiger partial charge in [-0.15, -0.1) is 0 Å². The van der Waals surface area contributed by atoms with Crippen LogP contribution in [0, 0.1) is 4.77 Å². The van der Waals surface area contributed by atoms with Crippen molar-refractivity contribution in [3.8, 4) is 5.69 Å². The van der Waals surface area contributed by atoms with Crippen molar-refractivity contribution in [1.82, 2.24) is 9.55 Å². The minimum atomic E-state index is 0.659. The number of nitrogens with two attached hydrogens (primary N) is 1. The van der Waals surface area contributed by atoms with E-state index in [4.69, 9.17) is 18.0 Å². The number of rotatable bonds is 3. The highest BCUT2D eigenvalue weighted by Gasteiger charge is 2.10. The number of H-pyrrole nitrogens is 1. The van der Waals surface area contributed by atoms with Gasteiger partial charge in [-0.3, -0.25) is 4.57 Å². The zero-order valence-electron chi connectivity index (χ0n) is 12.9. The molecule has 4 aromatic rings. The molecule has 0 saturated heterocycles. The zero-order valence-corrected chi connectivity index (χ0v) is 13.7. The topological polar surface area (TPSA) is 58.8 Å². The van der Waals surface area contributed by atoms with Crippen molar-refractivity contribution in [3.05, 3.63) is 77.6 Å². The molecule has 0 radical (unpaired) electrons. The van der Waals surface area contributed by atoms with E-state index < -0.39 is 0 Å². The molecular formula is C19H16N4S. The maximum atomic E-state index is 6.06. The summed E-state index contributed by atoms with van der Waals surface area (Å²) >= 11 is 5.54. The Labute approximate surface area is 144 Å². The Morgan fingerprint density at radius 1 is 0.833 bits per heavy atom. The number of nitrogens with zero attached hydrogens (tertiary/aromatic N) is 1. The van der Waals surface area contributed by atoms with Crippen molar-refractivity contribution >= 4 is 40.3 Å². The second-order valence-corrected chi connectivity index (χ2v) is 5.90. The first-order valence-electron chi connectivity index (χ1n) is 7.65. The summed E-state index contributed by atoms with van der Waals surface area (Å²) in [5.74, 6) is 0. The van der Waals surface area contributed by atoms with Gasteiger partial charge in [0.15, 0.2) is 4.77 Å². The molecule has 118 valence electrons. The number of nitrogens with one attached hydrogen (secondary N) is 2. The third kappa shape index (κ3) is 2.45. The lowest BCUT2D eigenvalue weighted by Gasteiger charge is -2.14. The first kappa shape index (κ1) is 14.5. The van der Waals surface area contributed by atoms with Crippen LogP contribution in [-0.4, -0.2) is 9.55 Å². The molecule has 1 heterocycles. The van der Waals surface area contributed by atoms with Crippen molar-refractivity contribution < 1.29 is 0 Å². The number of hydrogen-bond donors (Lipinski definition) is 3. The summed E-state index contributed by atoms with van der Waals surface area (Å²) in [5, 5.41) is 3.41. The number of anilines is 3. The number of para-hydroxylation sites is 6. The SMILES string of the molecule is Nc1ccccc1Nc1ccccc1-n1c(=S)[nH]c2ccccc21. The minimum absolute atomic E-state index is 0.659. The molecule has 3 aromatic carbocycles. The highest BCUT2D eigenvalue weighted by Crippen LogP contribution is 2.29. The quantitative estimate of drug-likeness (QED) is 0.365. The van der Waals surface area contributed by atoms with Crippen LogP contribution in [-0.2, 0) is 0 Å². The van der Waals surface area contributed by atoms with Gasteiger partial charge in [0, 0.05) is 0 Å². The first-order valence-corrected chi connectivity index (χ1v) is 8.05. The van der Waals surface area contributed by atoms with E-state index in [0.717, 1.165) is 28.1 Å². The Bertz CT molecular complexity index is 1080. The molecule has 24 heavy (non-hydrogen) atoms. The van der Waals surface area contributed by atoms with Crippen molar-refractivity contribution in [1.29, 1.82) is 0 Å². The fourth-order valence-electron chi connectivity index (χ4n) is 2.82. The molecule has 0 unspecified atom stereocenters. The standard InChI is InChI=1S/C19H16N4S/c20-13-7-1-2-8-14(13)21-15-9-3-5-11-17(15)23-18-12-6-4-10-16(18)22-19(23)24/h1-12,21H,20H2,(H,22,24). The molecule has 4 rings (SSSR count). The molecule has 0 saturated carbocycles. The van der Waals surface area contributed by atoms with Gasteiger partial charge in [0.05, 0.1) is 33.8 Å². The van der Waals surface area contributed by atoms with E-state index in [2.05, 4.69) is 16.4 Å². The molecule has 1 aromatic heterocycles. The zero-order chi connectivity index (χ0) is 16.5. The molecule has 0 bridgehead atoms. The van der Waals surface area contributed by atoms with E-state index in [0.29, 0.717) is 10.5 Å². The van der Waals surface area contributed by atoms with Gasteiger partial charge in [-0.2, -0.15) is 0 Å². The molecule has 0 aliphatic rings. The lowest BCUT2D eigenvalue weighted by molar-refractivity contribution is 1.07. The molecule has 0 aliphatic heterocycles. The average molecular weight is 332 g/mol. The van der Waals surface area contributed by atoms with E-state index in [1.54, 1.807) is 0 Å². The Morgan fingerprint density at radius 2 is 1.50 bits per heavy atom. The van der Waals surface area contributed by atoms with Crippen LogP contribution in [0.5, 0.6) is 0 Å². The maximum absolute atomic E-state index is 6.06. The van der Waals surface area contributed by atoms with E-state index in [1.165, 1.54) is 0 Å². The number of fused-ring (bicyclic) bond motifs is 1. The summed E-state index contributed by atoms with van der Waals surface area (Å²) in [4.78, 5) is 3.25. The van der Waals surface area contributed by atoms with Gasteiger partial charge in [0.1, 0.15) is 0 Å². The van der Waals surface area contributed by atoms with Gasteiger partial charge < -0.3 is 16.0 Å². The van der Waals surface area contributed by atoms with E-state index in [1.807, 2.05) is 71.3 Å². The number of aromatic amines is 1. The molecule has 0 fully saturated rings. The molecule has 0 spiro atoms. The monoisotopic (exact) mass is 332 g/mol. The number of nitrogen functional groups attached to an aromatic ring is 1. The van der Waals surface area contributed by atoms with Gasteiger partial charge in [0.25, 0.3) is 0 Å². The molecule has 0 aliphatic carbocycles. The molecule has 0 atom stereocenters. The lowest BCUT2D eigenvalue weighted by atomic mass is 10.2. The van der Waals surface area contributed by atoms with Crippen LogP contribution in [0.15, 0.2) is 72.8 Å². The van der Waals surface area contributed by atoms with Crippen molar-refractivity contribution in [2.24, 2.45) is 0 Å². The Kier molecular flexibility index (Phi) is 3.55. The third-order valence-electron chi connectivity index (χ3n) is 3.96. The maximum Gasteiger partial charge on any atom is 0.182 e. The van der Waals surface area contributed by atoms with Gasteiger partial charge >= 0.3 is 0 Å². The summed E-state index contributed by atoms with van der Waals surface area (Å²) in [6.45, 7) is 0. The average Bonchev–Trinajstić information content (AvgIpc) is 2.93. The molecule has 5 heteroatoms. The largest absolute Gasteiger partial charge is 0.397 e. The predicted molar refractivity (Wildman–Crippen MR) is 103 cm³/mol. The second kappa shape index (κ2) is 5.86. The van der Waals surface area contributed by atoms with Crippen molar-refractivity contribution in [2.75, 3.05) is 11.1 Å². The molecule has 4 N–H and O–H groups in total. The molecule has 4 nitrogen and oxygen atoms in total. The highest BCUT2D eigenvalue weighted by molar-refractivity contribution is 7.71. The summed E-state index contributed by atoms with van der Waals surface area (Å²) in [7, 11) is 0. The minimum Gasteiger partial charge on any atom is -0.397 e. The number of hydrogen-bond acceptors (Lipinski definition) is 3. The van der Waals surface area contributed by atoms with Gasteiger partial charge in [-0.25, -0.2) is 0 Å². The van der Waals surface area contributed by atoms with Crippen LogP contribution in [0.2, 0.25) is 0 Å². The smallest absolute Gasteiger partial charge is 0.182 e. The van der Waals surface area contributed by atoms with Gasteiger partial charge in [-0.05, 0) is 48.6 Å². The van der Waals surface area contributed by atoms with E-state index >= 15 is 0 Å². The van der Waals surface area contributed by atoms with Crippen LogP contribution >= 0.6 is 12.2 Å². The normalized spacial score (nSPS) is 10.8. The fraction of sp³-hybridized carbons (Fsp3) is 0. The lowest BCUT2D eigenvalue weighted by Crippen LogP contribution is -2.02. The van der Waals surface area contributed by atoms with Crippen molar-refractivity contribution in [3.63, 3.8) is 0 Å². The number of imidazole rings is 1. The first-order chi connectivity index (χ1) is 11.7. The number of aromatic nitrogens is 2. The van der Waals surface area contributed by atoms with E-state index in [-0.39, 0.29) is 0 Å². The Balaban J connectivity index is 1.89. The summed E-state index contributed by atoms with van der Waals surface area (Å²) < 4.78 is 2.69. The van der Waals surface area contributed by atoms with Crippen LogP contribution in [0.4, 0.5) is 17.1 Å². The highest BCUT2D eigenvalue weighted by atomic mass is 32.1. The van der Waals surface area contributed by atoms with Crippen LogP contribution in [0.1, 0.15) is 0 Å². The molecule has 0 amide bonds. The van der Waals surface area contributed by atoms with Crippen LogP contribution in [0.25, 0.3) is 16.7 Å². The molecular weight excluding hydrogens is 316 g/mol. The second-order valence-electron chi connectivity index (χ2n) is 5.51. The van der Waals surface area contributed by atoms with E-state index in [9.17, 15) is 0 Å². The summed E-state index contributed by atoms with van der Waals surface area (Å²) in [5.41, 5.74) is 11.6. The van der Waals surface area contributed by atoms with Gasteiger partial charge in [-0.1, -0.05) is 36.4 Å². The Hall–Kier alpha value is -3.05. The third-order valence-corrected chi connectivity index (χ3v) is 4.25. The predicted octanol–water partition coefficient (Wildman–Crippen LogP) is 5.01. The Morgan fingerprint density at radius 3 is 2.33 bits per heavy atom. The van der Waals surface area contributed by atoms with Crippen molar-refractivity contribution in [2.45, 2.75) is 0 Å². The van der Waals surface area contributed by atoms with Crippen LogP contribution in [0.3, 0.4) is 0 Å². The fourth-order valence-corrected chi connectivity index (χ4v) is 3.13. The van der Waals surface area contributed by atoms with Gasteiger partial charge in [0.2, 0.25) is 0 Å². The van der Waals surface area contributed by atoms with Crippen LogP contribution < -0.4 is 11.1 Å². The number of benzene rings is 3. The summed E-state index contributed by atoms with van der Waals surface area (Å²) in [6, 6.07) is 23.8.